The Kier molecular flexibility index (Phi) is 3.64. The monoisotopic (exact) mass is 281 g/mol. The number of pyridine rings is 1. The van der Waals surface area contributed by atoms with Gasteiger partial charge in [-0.2, -0.15) is 5.10 Å². The first kappa shape index (κ1) is 13.3. The standard InChI is InChI=1S/C16H15N3O2/c1-2-21-16(20)14-9-18-19(11-14)10-13-6-3-5-12-7-4-8-17-15(12)13/h3-9,11H,2,10H2,1H3. The third-order valence-electron chi connectivity index (χ3n) is 3.19. The maximum Gasteiger partial charge on any atom is 0.341 e. The third kappa shape index (κ3) is 2.76. The molecule has 0 radical (unpaired) electrons. The van der Waals surface area contributed by atoms with E-state index in [4.69, 9.17) is 4.74 Å². The molecule has 0 aliphatic carbocycles. The summed E-state index contributed by atoms with van der Waals surface area (Å²) in [5.41, 5.74) is 2.48. The fourth-order valence-corrected chi connectivity index (χ4v) is 2.24. The number of hydrogen-bond donors (Lipinski definition) is 0. The normalized spacial score (nSPS) is 10.7. The van der Waals surface area contributed by atoms with E-state index in [9.17, 15) is 4.79 Å². The van der Waals surface area contributed by atoms with Gasteiger partial charge in [-0.3, -0.25) is 9.67 Å². The third-order valence-corrected chi connectivity index (χ3v) is 3.19. The van der Waals surface area contributed by atoms with Gasteiger partial charge in [0.05, 0.1) is 30.4 Å². The molecule has 5 heteroatoms. The van der Waals surface area contributed by atoms with Gasteiger partial charge in [-0.1, -0.05) is 24.3 Å². The first-order valence-electron chi connectivity index (χ1n) is 6.80. The molecule has 2 aromatic heterocycles. The molecule has 1 aromatic carbocycles. The van der Waals surface area contributed by atoms with Crippen LogP contribution in [0.15, 0.2) is 48.9 Å². The molecule has 0 unspecified atom stereocenters. The maximum absolute atomic E-state index is 11.6. The summed E-state index contributed by atoms with van der Waals surface area (Å²) in [5.74, 6) is -0.347. The van der Waals surface area contributed by atoms with E-state index in [-0.39, 0.29) is 5.97 Å². The van der Waals surface area contributed by atoms with Crippen molar-refractivity contribution < 1.29 is 9.53 Å². The van der Waals surface area contributed by atoms with Gasteiger partial charge in [0.2, 0.25) is 0 Å². The number of hydrogen-bond acceptors (Lipinski definition) is 4. The molecule has 0 aliphatic heterocycles. The van der Waals surface area contributed by atoms with E-state index < -0.39 is 0 Å². The zero-order chi connectivity index (χ0) is 14.7. The number of aromatic nitrogens is 3. The van der Waals surface area contributed by atoms with Crippen molar-refractivity contribution in [3.05, 3.63) is 60.0 Å². The molecule has 0 fully saturated rings. The van der Waals surface area contributed by atoms with Gasteiger partial charge in [-0.25, -0.2) is 4.79 Å². The number of nitrogens with zero attached hydrogens (tertiary/aromatic N) is 3. The molecule has 3 rings (SSSR count). The zero-order valence-corrected chi connectivity index (χ0v) is 11.7. The molecule has 3 aromatic rings. The van der Waals surface area contributed by atoms with E-state index in [1.165, 1.54) is 6.20 Å². The van der Waals surface area contributed by atoms with Crippen molar-refractivity contribution in [3.8, 4) is 0 Å². The van der Waals surface area contributed by atoms with E-state index in [0.29, 0.717) is 18.7 Å². The first-order valence-corrected chi connectivity index (χ1v) is 6.80. The van der Waals surface area contributed by atoms with Gasteiger partial charge in [0.25, 0.3) is 0 Å². The van der Waals surface area contributed by atoms with Gasteiger partial charge >= 0.3 is 5.97 Å². The second-order valence-electron chi connectivity index (χ2n) is 4.64. The highest BCUT2D eigenvalue weighted by atomic mass is 16.5. The van der Waals surface area contributed by atoms with E-state index >= 15 is 0 Å². The van der Waals surface area contributed by atoms with E-state index in [2.05, 4.69) is 10.1 Å². The molecule has 21 heavy (non-hydrogen) atoms. The van der Waals surface area contributed by atoms with Crippen LogP contribution < -0.4 is 0 Å². The Labute approximate surface area is 122 Å². The lowest BCUT2D eigenvalue weighted by Crippen LogP contribution is -2.04. The lowest BCUT2D eigenvalue weighted by Gasteiger charge is -2.05. The molecule has 0 aliphatic rings. The van der Waals surface area contributed by atoms with Crippen LogP contribution in [-0.2, 0) is 11.3 Å². The van der Waals surface area contributed by atoms with Gasteiger partial charge in [0, 0.05) is 17.8 Å². The molecule has 0 bridgehead atoms. The van der Waals surface area contributed by atoms with Crippen LogP contribution in [0.25, 0.3) is 10.9 Å². The highest BCUT2D eigenvalue weighted by molar-refractivity contribution is 5.88. The van der Waals surface area contributed by atoms with Crippen LogP contribution in [0, 0.1) is 0 Å². The summed E-state index contributed by atoms with van der Waals surface area (Å²) >= 11 is 0. The molecule has 0 spiro atoms. The summed E-state index contributed by atoms with van der Waals surface area (Å²) in [6, 6.07) is 9.98. The van der Waals surface area contributed by atoms with Crippen molar-refractivity contribution >= 4 is 16.9 Å². The van der Waals surface area contributed by atoms with Gasteiger partial charge in [-0.15, -0.1) is 0 Å². The summed E-state index contributed by atoms with van der Waals surface area (Å²) < 4.78 is 6.68. The summed E-state index contributed by atoms with van der Waals surface area (Å²) in [6.07, 6.45) is 5.00. The van der Waals surface area contributed by atoms with Crippen LogP contribution >= 0.6 is 0 Å². The number of para-hydroxylation sites is 1. The van der Waals surface area contributed by atoms with Crippen LogP contribution in [0.1, 0.15) is 22.8 Å². The predicted molar refractivity (Wildman–Crippen MR) is 79.0 cm³/mol. The van der Waals surface area contributed by atoms with Gasteiger partial charge in [-0.05, 0) is 18.6 Å². The average Bonchev–Trinajstić information content (AvgIpc) is 2.97. The molecule has 0 atom stereocenters. The Bertz CT molecular complexity index is 775. The number of carbonyl (C=O) groups excluding carboxylic acids is 1. The summed E-state index contributed by atoms with van der Waals surface area (Å²) in [7, 11) is 0. The lowest BCUT2D eigenvalue weighted by molar-refractivity contribution is 0.0526. The predicted octanol–water partition coefficient (Wildman–Crippen LogP) is 2.66. The van der Waals surface area contributed by atoms with E-state index in [1.807, 2.05) is 30.3 Å². The van der Waals surface area contributed by atoms with Gasteiger partial charge < -0.3 is 4.74 Å². The minimum Gasteiger partial charge on any atom is -0.462 e. The molecular formula is C16H15N3O2. The second-order valence-corrected chi connectivity index (χ2v) is 4.64. The highest BCUT2D eigenvalue weighted by Gasteiger charge is 2.10. The molecule has 106 valence electrons. The number of esters is 1. The van der Waals surface area contributed by atoms with E-state index in [1.54, 1.807) is 24.0 Å². The van der Waals surface area contributed by atoms with Crippen molar-refractivity contribution in [1.29, 1.82) is 0 Å². The fourth-order valence-electron chi connectivity index (χ4n) is 2.24. The van der Waals surface area contributed by atoms with Crippen molar-refractivity contribution in [1.82, 2.24) is 14.8 Å². The van der Waals surface area contributed by atoms with Crippen LogP contribution in [0.3, 0.4) is 0 Å². The minimum absolute atomic E-state index is 0.347. The largest absolute Gasteiger partial charge is 0.462 e. The SMILES string of the molecule is CCOC(=O)c1cnn(Cc2cccc3cccnc23)c1. The van der Waals surface area contributed by atoms with Crippen molar-refractivity contribution in [2.75, 3.05) is 6.61 Å². The Balaban J connectivity index is 1.87. The summed E-state index contributed by atoms with van der Waals surface area (Å²) in [5, 5.41) is 5.30. The van der Waals surface area contributed by atoms with Crippen LogP contribution in [0.2, 0.25) is 0 Å². The maximum atomic E-state index is 11.6. The lowest BCUT2D eigenvalue weighted by atomic mass is 10.1. The zero-order valence-electron chi connectivity index (χ0n) is 11.7. The number of rotatable bonds is 4. The Hall–Kier alpha value is -2.69. The Morgan fingerprint density at radius 1 is 1.29 bits per heavy atom. The first-order chi connectivity index (χ1) is 10.3. The van der Waals surface area contributed by atoms with Gasteiger partial charge in [0.1, 0.15) is 0 Å². The molecule has 0 amide bonds. The molecule has 0 saturated heterocycles. The van der Waals surface area contributed by atoms with Crippen molar-refractivity contribution in [2.45, 2.75) is 13.5 Å². The topological polar surface area (TPSA) is 57.0 Å². The summed E-state index contributed by atoms with van der Waals surface area (Å²) in [4.78, 5) is 16.1. The molecule has 5 nitrogen and oxygen atoms in total. The molecule has 0 saturated carbocycles. The number of ether oxygens (including phenoxy) is 1. The molecule has 2 heterocycles. The molecule has 0 N–H and O–H groups in total. The fraction of sp³-hybridized carbons (Fsp3) is 0.188. The average molecular weight is 281 g/mol. The smallest absolute Gasteiger partial charge is 0.341 e. The Morgan fingerprint density at radius 2 is 2.14 bits per heavy atom. The van der Waals surface area contributed by atoms with Crippen molar-refractivity contribution in [2.24, 2.45) is 0 Å². The number of fused-ring (bicyclic) bond motifs is 1. The van der Waals surface area contributed by atoms with Crippen LogP contribution in [0.4, 0.5) is 0 Å². The number of benzene rings is 1. The van der Waals surface area contributed by atoms with Gasteiger partial charge in [0.15, 0.2) is 0 Å². The summed E-state index contributed by atoms with van der Waals surface area (Å²) in [6.45, 7) is 2.70. The second kappa shape index (κ2) is 5.75. The van der Waals surface area contributed by atoms with Crippen LogP contribution in [0.5, 0.6) is 0 Å². The minimum atomic E-state index is -0.347. The van der Waals surface area contributed by atoms with Crippen LogP contribution in [-0.4, -0.2) is 27.3 Å². The quantitative estimate of drug-likeness (QED) is 0.690. The Morgan fingerprint density at radius 3 is 3.00 bits per heavy atom. The highest BCUT2D eigenvalue weighted by Crippen LogP contribution is 2.17. The number of carbonyl (C=O) groups is 1. The van der Waals surface area contributed by atoms with Crippen molar-refractivity contribution in [3.63, 3.8) is 0 Å². The molecular weight excluding hydrogens is 266 g/mol. The van der Waals surface area contributed by atoms with E-state index in [0.717, 1.165) is 16.5 Å².